The second kappa shape index (κ2) is 10.5. The molecule has 2 fully saturated rings. The Morgan fingerprint density at radius 1 is 1.00 bits per heavy atom. The van der Waals surface area contributed by atoms with Gasteiger partial charge in [0, 0.05) is 43.4 Å². The molecule has 2 aliphatic rings. The zero-order valence-electron chi connectivity index (χ0n) is 18.2. The molecular weight excluding hydrogens is 410 g/mol. The Kier molecular flexibility index (Phi) is 7.49. The Balaban J connectivity index is 1.17. The van der Waals surface area contributed by atoms with Gasteiger partial charge in [-0.25, -0.2) is 4.79 Å². The van der Waals surface area contributed by atoms with Crippen LogP contribution < -0.4 is 5.32 Å². The highest BCUT2D eigenvalue weighted by atomic mass is 35.5. The maximum atomic E-state index is 12.6. The molecule has 6 heteroatoms. The van der Waals surface area contributed by atoms with Crippen LogP contribution in [0.3, 0.4) is 0 Å². The van der Waals surface area contributed by atoms with Crippen LogP contribution in [-0.2, 0) is 11.3 Å². The molecule has 0 spiro atoms. The number of carbonyl (C=O) groups excluding carboxylic acids is 1. The topological polar surface area (TPSA) is 44.8 Å². The lowest BCUT2D eigenvalue weighted by Gasteiger charge is -2.37. The van der Waals surface area contributed by atoms with Gasteiger partial charge in [-0.1, -0.05) is 41.9 Å². The summed E-state index contributed by atoms with van der Waals surface area (Å²) < 4.78 is 6.41. The number of halogens is 1. The minimum Gasteiger partial charge on any atom is -0.375 e. The van der Waals surface area contributed by atoms with Crippen molar-refractivity contribution in [3.63, 3.8) is 0 Å². The van der Waals surface area contributed by atoms with Crippen LogP contribution >= 0.6 is 11.6 Å². The number of carbonyl (C=O) groups is 1. The lowest BCUT2D eigenvalue weighted by atomic mass is 10.0. The molecule has 2 heterocycles. The van der Waals surface area contributed by atoms with Gasteiger partial charge in [0.15, 0.2) is 0 Å². The Hall–Kier alpha value is -2.08. The minimum absolute atomic E-state index is 0.0434. The van der Waals surface area contributed by atoms with E-state index in [0.29, 0.717) is 11.1 Å². The predicted molar refractivity (Wildman–Crippen MR) is 126 cm³/mol. The van der Waals surface area contributed by atoms with Gasteiger partial charge in [0.2, 0.25) is 0 Å². The molecule has 1 N–H and O–H groups in total. The van der Waals surface area contributed by atoms with Crippen molar-refractivity contribution in [1.82, 2.24) is 9.80 Å². The molecule has 0 saturated carbocycles. The van der Waals surface area contributed by atoms with Gasteiger partial charge >= 0.3 is 6.03 Å². The first-order valence-electron chi connectivity index (χ1n) is 11.3. The number of hydrogen-bond acceptors (Lipinski definition) is 3. The van der Waals surface area contributed by atoms with Crippen molar-refractivity contribution in [2.45, 2.75) is 51.4 Å². The molecule has 4 rings (SSSR count). The summed E-state index contributed by atoms with van der Waals surface area (Å²) in [6.45, 7) is 6.61. The molecule has 166 valence electrons. The number of nitrogens with one attached hydrogen (secondary N) is 1. The molecule has 0 radical (unpaired) electrons. The number of rotatable bonds is 5. The van der Waals surface area contributed by atoms with Crippen LogP contribution in [0.2, 0.25) is 5.02 Å². The maximum Gasteiger partial charge on any atom is 0.321 e. The largest absolute Gasteiger partial charge is 0.375 e. The molecule has 0 aliphatic carbocycles. The number of urea groups is 1. The first kappa shape index (κ1) is 22.1. The van der Waals surface area contributed by atoms with E-state index in [9.17, 15) is 4.79 Å². The summed E-state index contributed by atoms with van der Waals surface area (Å²) in [5.41, 5.74) is 3.16. The Morgan fingerprint density at radius 3 is 2.29 bits per heavy atom. The molecule has 2 saturated heterocycles. The van der Waals surface area contributed by atoms with Crippen molar-refractivity contribution >= 4 is 23.3 Å². The number of aryl methyl sites for hydroxylation is 1. The fourth-order valence-electron chi connectivity index (χ4n) is 4.47. The van der Waals surface area contributed by atoms with Gasteiger partial charge in [-0.05, 0) is 61.9 Å². The summed E-state index contributed by atoms with van der Waals surface area (Å²) in [6, 6.07) is 16.1. The van der Waals surface area contributed by atoms with E-state index in [-0.39, 0.29) is 12.1 Å². The Labute approximate surface area is 190 Å². The van der Waals surface area contributed by atoms with E-state index in [4.69, 9.17) is 16.3 Å². The van der Waals surface area contributed by atoms with Gasteiger partial charge in [-0.2, -0.15) is 0 Å². The molecule has 0 atom stereocenters. The number of piperidine rings is 2. The quantitative estimate of drug-likeness (QED) is 0.682. The van der Waals surface area contributed by atoms with E-state index in [2.05, 4.69) is 40.5 Å². The average molecular weight is 442 g/mol. The number of hydrogen-bond donors (Lipinski definition) is 1. The van der Waals surface area contributed by atoms with Gasteiger partial charge in [0.25, 0.3) is 0 Å². The third-order valence-electron chi connectivity index (χ3n) is 6.33. The number of likely N-dealkylation sites (tertiary alicyclic amines) is 2. The first-order chi connectivity index (χ1) is 15.1. The summed E-state index contributed by atoms with van der Waals surface area (Å²) in [6.07, 6.45) is 4.57. The second-order valence-electron chi connectivity index (χ2n) is 8.67. The van der Waals surface area contributed by atoms with Crippen LogP contribution in [0.15, 0.2) is 48.5 Å². The molecule has 2 amide bonds. The molecule has 0 unspecified atom stereocenters. The SMILES string of the molecule is Cc1cc(Cl)ccc1NC(=O)N1CCC(OC2CCN(Cc3ccccc3)CC2)CC1. The Morgan fingerprint density at radius 2 is 1.65 bits per heavy atom. The summed E-state index contributed by atoms with van der Waals surface area (Å²) in [7, 11) is 0. The second-order valence-corrected chi connectivity index (χ2v) is 9.11. The number of anilines is 1. The maximum absolute atomic E-state index is 12.6. The third-order valence-corrected chi connectivity index (χ3v) is 6.56. The number of amides is 2. The lowest BCUT2D eigenvalue weighted by Crippen LogP contribution is -2.45. The molecule has 0 bridgehead atoms. The van der Waals surface area contributed by atoms with Crippen LogP contribution in [0.5, 0.6) is 0 Å². The van der Waals surface area contributed by atoms with E-state index in [1.807, 2.05) is 24.0 Å². The van der Waals surface area contributed by atoms with Crippen molar-refractivity contribution in [3.8, 4) is 0 Å². The molecular formula is C25H32ClN3O2. The van der Waals surface area contributed by atoms with Crippen molar-refractivity contribution in [2.24, 2.45) is 0 Å². The predicted octanol–water partition coefficient (Wildman–Crippen LogP) is 5.33. The summed E-state index contributed by atoms with van der Waals surface area (Å²) in [4.78, 5) is 17.0. The van der Waals surface area contributed by atoms with Crippen LogP contribution in [0, 0.1) is 6.92 Å². The number of benzene rings is 2. The van der Waals surface area contributed by atoms with Crippen LogP contribution in [0.25, 0.3) is 0 Å². The highest BCUT2D eigenvalue weighted by Crippen LogP contribution is 2.24. The molecule has 2 aromatic carbocycles. The standard InChI is InChI=1S/C25H32ClN3O2/c1-19-17-21(26)7-8-24(19)27-25(30)29-15-11-23(12-16-29)31-22-9-13-28(14-10-22)18-20-5-3-2-4-6-20/h2-8,17,22-23H,9-16,18H2,1H3,(H,27,30). The van der Waals surface area contributed by atoms with E-state index in [1.54, 1.807) is 6.07 Å². The first-order valence-corrected chi connectivity index (χ1v) is 11.7. The summed E-state index contributed by atoms with van der Waals surface area (Å²) in [5.74, 6) is 0. The summed E-state index contributed by atoms with van der Waals surface area (Å²) >= 11 is 6.00. The van der Waals surface area contributed by atoms with E-state index in [0.717, 1.165) is 69.7 Å². The van der Waals surface area contributed by atoms with Gasteiger partial charge < -0.3 is 15.0 Å². The van der Waals surface area contributed by atoms with Crippen LogP contribution in [-0.4, -0.2) is 54.2 Å². The van der Waals surface area contributed by atoms with Crippen molar-refractivity contribution in [1.29, 1.82) is 0 Å². The number of nitrogens with zero attached hydrogens (tertiary/aromatic N) is 2. The highest BCUT2D eigenvalue weighted by molar-refractivity contribution is 6.30. The molecule has 2 aromatic rings. The average Bonchev–Trinajstić information content (AvgIpc) is 2.78. The van der Waals surface area contributed by atoms with Crippen LogP contribution in [0.4, 0.5) is 10.5 Å². The van der Waals surface area contributed by atoms with Gasteiger partial charge in [0.1, 0.15) is 0 Å². The lowest BCUT2D eigenvalue weighted by molar-refractivity contribution is -0.0616. The fourth-order valence-corrected chi connectivity index (χ4v) is 4.70. The molecule has 31 heavy (non-hydrogen) atoms. The zero-order chi connectivity index (χ0) is 21.6. The van der Waals surface area contributed by atoms with Crippen molar-refractivity contribution < 1.29 is 9.53 Å². The smallest absolute Gasteiger partial charge is 0.321 e. The highest BCUT2D eigenvalue weighted by Gasteiger charge is 2.27. The Bertz CT molecular complexity index is 860. The van der Waals surface area contributed by atoms with Gasteiger partial charge in [-0.3, -0.25) is 4.90 Å². The monoisotopic (exact) mass is 441 g/mol. The molecule has 0 aromatic heterocycles. The van der Waals surface area contributed by atoms with E-state index in [1.165, 1.54) is 5.56 Å². The summed E-state index contributed by atoms with van der Waals surface area (Å²) in [5, 5.41) is 3.69. The van der Waals surface area contributed by atoms with E-state index < -0.39 is 0 Å². The van der Waals surface area contributed by atoms with E-state index >= 15 is 0 Å². The third kappa shape index (κ3) is 6.22. The van der Waals surface area contributed by atoms with Crippen LogP contribution in [0.1, 0.15) is 36.8 Å². The van der Waals surface area contributed by atoms with Crippen molar-refractivity contribution in [2.75, 3.05) is 31.5 Å². The molecule has 5 nitrogen and oxygen atoms in total. The molecule has 2 aliphatic heterocycles. The normalized spacial score (nSPS) is 18.8. The fraction of sp³-hybridized carbons (Fsp3) is 0.480. The van der Waals surface area contributed by atoms with Crippen molar-refractivity contribution in [3.05, 3.63) is 64.7 Å². The minimum atomic E-state index is -0.0434. The zero-order valence-corrected chi connectivity index (χ0v) is 19.0. The van der Waals surface area contributed by atoms with Gasteiger partial charge in [0.05, 0.1) is 12.2 Å². The number of ether oxygens (including phenoxy) is 1. The van der Waals surface area contributed by atoms with Gasteiger partial charge in [-0.15, -0.1) is 0 Å².